The first-order chi connectivity index (χ1) is 13.9. The third-order valence-electron chi connectivity index (χ3n) is 4.48. The molecule has 2 heterocycles. The Morgan fingerprint density at radius 2 is 1.93 bits per heavy atom. The van der Waals surface area contributed by atoms with E-state index in [9.17, 15) is 0 Å². The van der Waals surface area contributed by atoms with E-state index in [1.807, 2.05) is 30.5 Å². The predicted octanol–water partition coefficient (Wildman–Crippen LogP) is 2.48. The Morgan fingerprint density at radius 1 is 1.04 bits per heavy atom. The summed E-state index contributed by atoms with van der Waals surface area (Å²) in [5, 5.41) is 3.13. The Bertz CT molecular complexity index is 983. The lowest BCUT2D eigenvalue weighted by atomic mass is 10.0. The number of hydrogen-bond acceptors (Lipinski definition) is 3. The number of nitrogens with one attached hydrogen (secondary N) is 1. The molecule has 138 valence electrons. The summed E-state index contributed by atoms with van der Waals surface area (Å²) in [5.41, 5.74) is 5.09. The van der Waals surface area contributed by atoms with E-state index in [4.69, 9.17) is 4.84 Å². The van der Waals surface area contributed by atoms with Gasteiger partial charge in [-0.2, -0.15) is 0 Å². The number of aromatic nitrogens is 2. The van der Waals surface area contributed by atoms with Crippen LogP contribution in [-0.2, 0) is 17.9 Å². The summed E-state index contributed by atoms with van der Waals surface area (Å²) in [6.45, 7) is 0.391. The molecule has 0 spiro atoms. The van der Waals surface area contributed by atoms with Gasteiger partial charge >= 0.3 is 0 Å². The van der Waals surface area contributed by atoms with Crippen molar-refractivity contribution >= 4 is 5.71 Å². The normalized spacial score (nSPS) is 13.5. The standard InChI is InChI=1S/C24H21N3O/c1-2-15-26-23(5-1)18-28-27-24(16-21-4-3-14-25-17-21)22-12-10-20(11-13-22)9-8-19-6-7-19/h1-5,10-15,17,19H,6-7,16,18H2/p+1/b27-24+. The van der Waals surface area contributed by atoms with Crippen molar-refractivity contribution < 1.29 is 9.99 Å². The Morgan fingerprint density at radius 3 is 2.64 bits per heavy atom. The van der Waals surface area contributed by atoms with Gasteiger partial charge in [0.05, 0.1) is 12.1 Å². The summed E-state index contributed by atoms with van der Waals surface area (Å²) in [6.07, 6.45) is 8.60. The summed E-state index contributed by atoms with van der Waals surface area (Å²) in [6, 6.07) is 18.1. The van der Waals surface area contributed by atoms with Gasteiger partial charge in [0.15, 0.2) is 0 Å². The summed E-state index contributed by atoms with van der Waals surface area (Å²) in [7, 11) is 0. The smallest absolute Gasteiger partial charge is 0.236 e. The highest BCUT2D eigenvalue weighted by Gasteiger charge is 2.18. The topological polar surface area (TPSA) is 49.0 Å². The fourth-order valence-corrected chi connectivity index (χ4v) is 2.75. The zero-order valence-corrected chi connectivity index (χ0v) is 15.6. The maximum absolute atomic E-state index is 5.73. The molecule has 2 aromatic heterocycles. The van der Waals surface area contributed by atoms with Crippen LogP contribution < -0.4 is 5.16 Å². The molecule has 1 N–H and O–H groups in total. The quantitative estimate of drug-likeness (QED) is 0.413. The van der Waals surface area contributed by atoms with Gasteiger partial charge in [-0.1, -0.05) is 24.0 Å². The van der Waals surface area contributed by atoms with Crippen molar-refractivity contribution in [1.29, 1.82) is 0 Å². The van der Waals surface area contributed by atoms with Crippen molar-refractivity contribution in [2.45, 2.75) is 25.9 Å². The molecular formula is C24H22N3O+. The third kappa shape index (κ3) is 5.28. The minimum absolute atomic E-state index is 0.391. The molecule has 4 heteroatoms. The largest absolute Gasteiger partial charge is 0.272 e. The van der Waals surface area contributed by atoms with Gasteiger partial charge < -0.3 is 0 Å². The summed E-state index contributed by atoms with van der Waals surface area (Å²) in [5.74, 6) is 7.17. The average molecular weight is 368 g/mol. The molecular weight excluding hydrogens is 346 g/mol. The van der Waals surface area contributed by atoms with Gasteiger partial charge in [0.2, 0.25) is 12.3 Å². The van der Waals surface area contributed by atoms with E-state index in [-0.39, 0.29) is 0 Å². The highest BCUT2D eigenvalue weighted by Crippen LogP contribution is 2.27. The number of pyridine rings is 2. The van der Waals surface area contributed by atoms with Crippen LogP contribution in [0.3, 0.4) is 0 Å². The van der Waals surface area contributed by atoms with E-state index in [0.29, 0.717) is 18.9 Å². The molecule has 0 amide bonds. The molecule has 0 atom stereocenters. The van der Waals surface area contributed by atoms with Gasteiger partial charge in [-0.15, -0.1) is 0 Å². The van der Waals surface area contributed by atoms with Crippen LogP contribution in [0, 0.1) is 17.8 Å². The zero-order valence-electron chi connectivity index (χ0n) is 15.6. The molecule has 3 aromatic rings. The van der Waals surface area contributed by atoms with Crippen LogP contribution in [0.4, 0.5) is 0 Å². The molecule has 0 saturated heterocycles. The van der Waals surface area contributed by atoms with Crippen molar-refractivity contribution in [1.82, 2.24) is 9.97 Å². The van der Waals surface area contributed by atoms with E-state index in [1.54, 1.807) is 12.4 Å². The number of hydrogen-bond donors (Lipinski definition) is 1. The SMILES string of the molecule is C(#CC1CC1)c1ccc(/C(Cc2cccnc2)=[NH+]/OCc2ccccn2)cc1. The van der Waals surface area contributed by atoms with Crippen LogP contribution >= 0.6 is 0 Å². The van der Waals surface area contributed by atoms with E-state index >= 15 is 0 Å². The van der Waals surface area contributed by atoms with Crippen molar-refractivity contribution in [2.75, 3.05) is 0 Å². The van der Waals surface area contributed by atoms with Gasteiger partial charge in [-0.3, -0.25) is 14.8 Å². The molecule has 1 saturated carbocycles. The molecule has 1 aromatic carbocycles. The van der Waals surface area contributed by atoms with Crippen LogP contribution in [0.25, 0.3) is 0 Å². The fraction of sp³-hybridized carbons (Fsp3) is 0.208. The minimum atomic E-state index is 0.391. The Kier molecular flexibility index (Phi) is 5.74. The second kappa shape index (κ2) is 8.96. The van der Waals surface area contributed by atoms with E-state index in [1.165, 1.54) is 12.8 Å². The Hall–Kier alpha value is -3.45. The molecule has 1 aliphatic rings. The number of benzene rings is 1. The van der Waals surface area contributed by atoms with E-state index < -0.39 is 0 Å². The number of nitrogens with zero attached hydrogens (tertiary/aromatic N) is 2. The monoisotopic (exact) mass is 368 g/mol. The summed E-state index contributed by atoms with van der Waals surface area (Å²) in [4.78, 5) is 14.2. The molecule has 0 bridgehead atoms. The molecule has 28 heavy (non-hydrogen) atoms. The third-order valence-corrected chi connectivity index (χ3v) is 4.48. The number of rotatable bonds is 6. The lowest BCUT2D eigenvalue weighted by Gasteiger charge is -2.03. The first kappa shape index (κ1) is 17.9. The molecule has 0 radical (unpaired) electrons. The molecule has 4 rings (SSSR count). The van der Waals surface area contributed by atoms with Crippen molar-refractivity contribution in [2.24, 2.45) is 5.92 Å². The Labute approximate surface area is 165 Å². The minimum Gasteiger partial charge on any atom is -0.272 e. The van der Waals surface area contributed by atoms with Gasteiger partial charge in [-0.25, -0.2) is 0 Å². The molecule has 4 nitrogen and oxygen atoms in total. The maximum Gasteiger partial charge on any atom is 0.236 e. The first-order valence-corrected chi connectivity index (χ1v) is 9.51. The van der Waals surface area contributed by atoms with Crippen LogP contribution in [0.2, 0.25) is 0 Å². The van der Waals surface area contributed by atoms with Gasteiger partial charge in [0, 0.05) is 35.6 Å². The highest BCUT2D eigenvalue weighted by atomic mass is 16.6. The highest BCUT2D eigenvalue weighted by molar-refractivity contribution is 5.97. The first-order valence-electron chi connectivity index (χ1n) is 9.51. The predicted molar refractivity (Wildman–Crippen MR) is 108 cm³/mol. The second-order valence-electron chi connectivity index (χ2n) is 6.85. The fourth-order valence-electron chi connectivity index (χ4n) is 2.75. The van der Waals surface area contributed by atoms with E-state index in [2.05, 4.69) is 57.3 Å². The molecule has 1 fully saturated rings. The van der Waals surface area contributed by atoms with Crippen molar-refractivity contribution in [3.05, 3.63) is 95.6 Å². The van der Waals surface area contributed by atoms with Crippen LogP contribution in [0.5, 0.6) is 0 Å². The van der Waals surface area contributed by atoms with Crippen molar-refractivity contribution in [3.8, 4) is 11.8 Å². The molecule has 1 aliphatic carbocycles. The van der Waals surface area contributed by atoms with Gasteiger partial charge in [-0.05, 0) is 66.0 Å². The van der Waals surface area contributed by atoms with Crippen molar-refractivity contribution in [3.63, 3.8) is 0 Å². The van der Waals surface area contributed by atoms with Crippen LogP contribution in [-0.4, -0.2) is 15.7 Å². The summed E-state index contributed by atoms with van der Waals surface area (Å²) >= 11 is 0. The molecule has 0 unspecified atom stereocenters. The van der Waals surface area contributed by atoms with E-state index in [0.717, 1.165) is 28.1 Å². The van der Waals surface area contributed by atoms with Gasteiger partial charge in [0.25, 0.3) is 0 Å². The lowest BCUT2D eigenvalue weighted by molar-refractivity contribution is -0.759. The average Bonchev–Trinajstić information content (AvgIpc) is 3.58. The molecule has 0 aliphatic heterocycles. The van der Waals surface area contributed by atoms with Crippen LogP contribution in [0.15, 0.2) is 73.2 Å². The lowest BCUT2D eigenvalue weighted by Crippen LogP contribution is -2.72. The second-order valence-corrected chi connectivity index (χ2v) is 6.85. The Balaban J connectivity index is 1.51. The maximum atomic E-state index is 5.73. The van der Waals surface area contributed by atoms with Gasteiger partial charge in [0.1, 0.15) is 0 Å². The zero-order chi connectivity index (χ0) is 19.0. The summed E-state index contributed by atoms with van der Waals surface area (Å²) < 4.78 is 0. The van der Waals surface area contributed by atoms with Crippen LogP contribution in [0.1, 0.15) is 35.2 Å².